The fraction of sp³-hybridized carbons (Fsp3) is 0.476. The van der Waals surface area contributed by atoms with Crippen molar-refractivity contribution in [2.75, 3.05) is 0 Å². The lowest BCUT2D eigenvalue weighted by Gasteiger charge is -2.27. The van der Waals surface area contributed by atoms with Crippen molar-refractivity contribution >= 4 is 15.6 Å². The Morgan fingerprint density at radius 2 is 1.64 bits per heavy atom. The van der Waals surface area contributed by atoms with Crippen LogP contribution in [-0.2, 0) is 14.6 Å². The molecule has 0 saturated carbocycles. The number of Topliss-reactive ketones (excluding diaryl/α,β-unsaturated/α-hetero) is 1. The van der Waals surface area contributed by atoms with Crippen molar-refractivity contribution in [3.05, 3.63) is 53.6 Å². The Labute approximate surface area is 151 Å². The topological polar surface area (TPSA) is 51.2 Å². The summed E-state index contributed by atoms with van der Waals surface area (Å²) in [5.74, 6) is -0.199. The van der Waals surface area contributed by atoms with Crippen LogP contribution in [0.3, 0.4) is 0 Å². The van der Waals surface area contributed by atoms with E-state index in [-0.39, 0.29) is 17.1 Å². The molecule has 0 radical (unpaired) electrons. The van der Waals surface area contributed by atoms with E-state index in [9.17, 15) is 13.2 Å². The van der Waals surface area contributed by atoms with Gasteiger partial charge in [0.2, 0.25) is 0 Å². The number of carbonyl (C=O) groups is 1. The van der Waals surface area contributed by atoms with Gasteiger partial charge in [0, 0.05) is 5.41 Å². The highest BCUT2D eigenvalue weighted by atomic mass is 32.2. The first-order valence-corrected chi connectivity index (χ1v) is 10.3. The van der Waals surface area contributed by atoms with Gasteiger partial charge >= 0.3 is 0 Å². The highest BCUT2D eigenvalue weighted by molar-refractivity contribution is 7.92. The zero-order valence-electron chi connectivity index (χ0n) is 15.6. The van der Waals surface area contributed by atoms with Gasteiger partial charge in [-0.25, -0.2) is 8.42 Å². The van der Waals surface area contributed by atoms with Gasteiger partial charge in [-0.1, -0.05) is 55.3 Å². The van der Waals surface area contributed by atoms with Gasteiger partial charge in [-0.2, -0.15) is 0 Å². The van der Waals surface area contributed by atoms with Crippen LogP contribution in [0.4, 0.5) is 0 Å². The second-order valence-corrected chi connectivity index (χ2v) is 9.77. The molecule has 0 N–H and O–H groups in total. The second kappa shape index (κ2) is 7.69. The Bertz CT molecular complexity index is 784. The maximum absolute atomic E-state index is 13.2. The van der Waals surface area contributed by atoms with E-state index < -0.39 is 20.5 Å². The van der Waals surface area contributed by atoms with Crippen molar-refractivity contribution in [2.45, 2.75) is 63.5 Å². The summed E-state index contributed by atoms with van der Waals surface area (Å²) in [6, 6.07) is 8.32. The van der Waals surface area contributed by atoms with Gasteiger partial charge in [-0.3, -0.25) is 4.79 Å². The van der Waals surface area contributed by atoms with Crippen LogP contribution in [0.25, 0.3) is 0 Å². The monoisotopic (exact) mass is 360 g/mol. The van der Waals surface area contributed by atoms with E-state index in [0.717, 1.165) is 18.4 Å². The van der Waals surface area contributed by atoms with Crippen molar-refractivity contribution in [3.63, 3.8) is 0 Å². The van der Waals surface area contributed by atoms with Crippen LogP contribution in [0.15, 0.2) is 58.5 Å². The van der Waals surface area contributed by atoms with Gasteiger partial charge in [0.05, 0.1) is 4.90 Å². The van der Waals surface area contributed by atoms with Gasteiger partial charge in [-0.15, -0.1) is 0 Å². The molecule has 3 nitrogen and oxygen atoms in total. The summed E-state index contributed by atoms with van der Waals surface area (Å²) in [6.45, 7) is 7.69. The number of benzene rings is 1. The van der Waals surface area contributed by atoms with Crippen LogP contribution < -0.4 is 0 Å². The van der Waals surface area contributed by atoms with E-state index in [1.54, 1.807) is 30.3 Å². The third-order valence-electron chi connectivity index (χ3n) is 4.91. The van der Waals surface area contributed by atoms with Gasteiger partial charge < -0.3 is 0 Å². The summed E-state index contributed by atoms with van der Waals surface area (Å²) < 4.78 is 26.4. The van der Waals surface area contributed by atoms with Crippen LogP contribution in [-0.4, -0.2) is 19.5 Å². The van der Waals surface area contributed by atoms with Crippen molar-refractivity contribution < 1.29 is 13.2 Å². The van der Waals surface area contributed by atoms with E-state index in [1.807, 2.05) is 20.8 Å². The SMILES string of the molecule is C/C1=C\CC(C)(C)C(=O)C(S(=O)(=O)c2ccccc2)C/C(C)=C/CC1. The molecule has 4 heteroatoms. The van der Waals surface area contributed by atoms with Crippen LogP contribution in [0, 0.1) is 5.41 Å². The molecular weight excluding hydrogens is 332 g/mol. The van der Waals surface area contributed by atoms with E-state index in [4.69, 9.17) is 0 Å². The quantitative estimate of drug-likeness (QED) is 0.706. The number of sulfone groups is 1. The first kappa shape index (κ1) is 19.6. The van der Waals surface area contributed by atoms with Crippen LogP contribution in [0.5, 0.6) is 0 Å². The molecule has 0 aromatic heterocycles. The molecule has 1 atom stereocenters. The first-order chi connectivity index (χ1) is 11.6. The molecule has 0 bridgehead atoms. The average Bonchev–Trinajstić information content (AvgIpc) is 2.59. The third kappa shape index (κ3) is 4.69. The molecule has 1 aromatic carbocycles. The highest BCUT2D eigenvalue weighted by Crippen LogP contribution is 2.33. The molecule has 136 valence electrons. The largest absolute Gasteiger partial charge is 0.298 e. The minimum atomic E-state index is -3.72. The van der Waals surface area contributed by atoms with Crippen LogP contribution in [0.2, 0.25) is 0 Å². The van der Waals surface area contributed by atoms with Gasteiger partial charge in [0.1, 0.15) is 5.25 Å². The third-order valence-corrected chi connectivity index (χ3v) is 6.96. The standard InChI is InChI=1S/C21H28O3S/c1-16-9-8-10-17(2)15-19(20(22)21(3,4)14-13-16)25(23,24)18-11-6-5-7-12-18/h5-7,10-13,19H,8-9,14-15H2,1-4H3/b16-13+,17-10+. The summed E-state index contributed by atoms with van der Waals surface area (Å²) in [5.41, 5.74) is 1.50. The fourth-order valence-corrected chi connectivity index (χ4v) is 5.06. The summed E-state index contributed by atoms with van der Waals surface area (Å²) in [4.78, 5) is 13.5. The maximum Gasteiger partial charge on any atom is 0.188 e. The molecule has 1 aromatic rings. The van der Waals surface area contributed by atoms with Crippen molar-refractivity contribution in [1.82, 2.24) is 0 Å². The van der Waals surface area contributed by atoms with Gasteiger partial charge in [0.25, 0.3) is 0 Å². The van der Waals surface area contributed by atoms with Crippen LogP contribution >= 0.6 is 0 Å². The van der Waals surface area contributed by atoms with Gasteiger partial charge in [0.15, 0.2) is 15.6 Å². The van der Waals surface area contributed by atoms with Gasteiger partial charge in [-0.05, 0) is 51.7 Å². The zero-order valence-corrected chi connectivity index (χ0v) is 16.4. The van der Waals surface area contributed by atoms with E-state index in [0.29, 0.717) is 6.42 Å². The maximum atomic E-state index is 13.2. The van der Waals surface area contributed by atoms with Crippen molar-refractivity contribution in [2.24, 2.45) is 5.41 Å². The number of carbonyl (C=O) groups excluding carboxylic acids is 1. The Hall–Kier alpha value is -1.68. The molecule has 1 aliphatic rings. The first-order valence-electron chi connectivity index (χ1n) is 8.79. The van der Waals surface area contributed by atoms with Crippen molar-refractivity contribution in [1.29, 1.82) is 0 Å². The highest BCUT2D eigenvalue weighted by Gasteiger charge is 2.41. The fourth-order valence-electron chi connectivity index (χ4n) is 3.11. The molecule has 0 amide bonds. The molecule has 2 rings (SSSR count). The molecule has 1 unspecified atom stereocenters. The number of hydrogen-bond acceptors (Lipinski definition) is 3. The van der Waals surface area contributed by atoms with Crippen LogP contribution in [0.1, 0.15) is 53.4 Å². The second-order valence-electron chi connectivity index (χ2n) is 7.64. The summed E-state index contributed by atoms with van der Waals surface area (Å²) in [7, 11) is -3.72. The predicted molar refractivity (Wildman–Crippen MR) is 102 cm³/mol. The summed E-state index contributed by atoms with van der Waals surface area (Å²) in [6.07, 6.45) is 6.80. The number of ketones is 1. The minimum absolute atomic E-state index is 0.199. The lowest BCUT2D eigenvalue weighted by molar-refractivity contribution is -0.126. The molecule has 0 heterocycles. The Morgan fingerprint density at radius 1 is 1.00 bits per heavy atom. The van der Waals surface area contributed by atoms with E-state index in [2.05, 4.69) is 19.1 Å². The van der Waals surface area contributed by atoms with E-state index >= 15 is 0 Å². The van der Waals surface area contributed by atoms with E-state index in [1.165, 1.54) is 5.57 Å². The molecule has 25 heavy (non-hydrogen) atoms. The normalized spacial score (nSPS) is 26.7. The zero-order chi connectivity index (χ0) is 18.7. The lowest BCUT2D eigenvalue weighted by Crippen LogP contribution is -2.40. The molecule has 0 aliphatic heterocycles. The number of hydrogen-bond donors (Lipinski definition) is 0. The molecule has 0 spiro atoms. The Kier molecular flexibility index (Phi) is 6.04. The number of rotatable bonds is 2. The Morgan fingerprint density at radius 3 is 2.28 bits per heavy atom. The average molecular weight is 361 g/mol. The predicted octanol–water partition coefficient (Wildman–Crippen LogP) is 4.89. The molecule has 0 saturated heterocycles. The summed E-state index contributed by atoms with van der Waals surface area (Å²) in [5, 5.41) is -1.03. The smallest absolute Gasteiger partial charge is 0.188 e. The molecule has 1 aliphatic carbocycles. The summed E-state index contributed by atoms with van der Waals surface area (Å²) >= 11 is 0. The lowest BCUT2D eigenvalue weighted by atomic mass is 9.81. The van der Waals surface area contributed by atoms with Crippen molar-refractivity contribution in [3.8, 4) is 0 Å². The Balaban J connectivity index is 2.52. The minimum Gasteiger partial charge on any atom is -0.298 e. The molecular formula is C21H28O3S. The number of allylic oxidation sites excluding steroid dienone is 4. The molecule has 0 fully saturated rings.